The molecule has 5 amide bonds. The van der Waals surface area contributed by atoms with E-state index in [9.17, 15) is 32.4 Å². The number of aromatic nitrogens is 1. The fraction of sp³-hybridized carbons (Fsp3) is 0.590. The molecule has 1 aromatic heterocycles. The third kappa shape index (κ3) is 8.01. The van der Waals surface area contributed by atoms with E-state index in [2.05, 4.69) is 20.3 Å². The van der Waals surface area contributed by atoms with Crippen molar-refractivity contribution >= 4 is 50.6 Å². The molecule has 0 spiro atoms. The SMILES string of the molecule is COc1cc(C(=O)N2C[C@H]3CN4C(=O)[C@H](NC(=O)OC(C)(C)C)CCCCC/C=C\[C@@H]5C[C@]5(C(=O)NS(=O)(=O)C5CC5)NC(=O)[C@@H]4[C@H]3C2)c2ccccc2n1. The summed E-state index contributed by atoms with van der Waals surface area (Å²) in [6.45, 7) is 5.68. The van der Waals surface area contributed by atoms with Crippen molar-refractivity contribution in [2.45, 2.75) is 101 Å². The van der Waals surface area contributed by atoms with Crippen LogP contribution in [0.4, 0.5) is 4.79 Å². The Kier molecular flexibility index (Phi) is 10.3. The number of amides is 5. The van der Waals surface area contributed by atoms with Crippen LogP contribution >= 0.6 is 0 Å². The zero-order chi connectivity index (χ0) is 39.3. The normalized spacial score (nSPS) is 29.1. The van der Waals surface area contributed by atoms with Gasteiger partial charge in [-0.05, 0) is 65.4 Å². The number of benzene rings is 1. The van der Waals surface area contributed by atoms with Crippen LogP contribution in [0.25, 0.3) is 10.9 Å². The van der Waals surface area contributed by atoms with Gasteiger partial charge in [0.2, 0.25) is 27.7 Å². The summed E-state index contributed by atoms with van der Waals surface area (Å²) in [5, 5.41) is 5.69. The molecule has 3 N–H and O–H groups in total. The summed E-state index contributed by atoms with van der Waals surface area (Å²) in [6.07, 6.45) is 7.34. The van der Waals surface area contributed by atoms with Crippen molar-refractivity contribution in [3.63, 3.8) is 0 Å². The van der Waals surface area contributed by atoms with E-state index in [0.717, 1.165) is 12.8 Å². The lowest BCUT2D eigenvalue weighted by molar-refractivity contribution is -0.142. The van der Waals surface area contributed by atoms with Crippen LogP contribution < -0.4 is 20.1 Å². The Morgan fingerprint density at radius 3 is 2.51 bits per heavy atom. The molecule has 296 valence electrons. The van der Waals surface area contributed by atoms with E-state index in [4.69, 9.17) is 9.47 Å². The van der Waals surface area contributed by atoms with Crippen LogP contribution in [0.1, 0.15) is 82.5 Å². The number of ether oxygens (including phenoxy) is 2. The first kappa shape index (κ1) is 38.5. The van der Waals surface area contributed by atoms with Crippen LogP contribution in [-0.2, 0) is 29.1 Å². The highest BCUT2D eigenvalue weighted by Crippen LogP contribution is 2.47. The van der Waals surface area contributed by atoms with Crippen LogP contribution in [0, 0.1) is 17.8 Å². The van der Waals surface area contributed by atoms with Crippen molar-refractivity contribution in [1.29, 1.82) is 0 Å². The standard InChI is InChI=1S/C39H50N6O9S/c1-38(2,3)54-37(50)41-30-15-9-7-5-6-8-12-24-19-39(24,36(49)43-55(51,52)25-16-17-25)42-33(46)32-28-22-44(20-23(28)21-45(32)35(30)48)34(47)27-18-31(53-4)40-29-14-11-10-13-26(27)29/h8,10-14,18,23-25,28,30,32H,5-7,9,15-17,19-22H2,1-4H3,(H,41,50)(H,42,46)(H,43,49)/b12-8-/t23-,24+,28-,30+,32-,39-/m0/s1. The molecule has 1 aromatic carbocycles. The second-order valence-electron chi connectivity index (χ2n) is 16.5. The number of hydrogen-bond donors (Lipinski definition) is 3. The van der Waals surface area contributed by atoms with Gasteiger partial charge in [-0.25, -0.2) is 18.2 Å². The number of nitrogens with zero attached hydrogens (tertiary/aromatic N) is 3. The summed E-state index contributed by atoms with van der Waals surface area (Å²) in [7, 11) is -2.44. The third-order valence-corrected chi connectivity index (χ3v) is 13.1. The van der Waals surface area contributed by atoms with Gasteiger partial charge in [0, 0.05) is 48.8 Å². The number of allylic oxidation sites excluding steroid dienone is 1. The van der Waals surface area contributed by atoms with E-state index in [0.29, 0.717) is 48.6 Å². The summed E-state index contributed by atoms with van der Waals surface area (Å²) in [5.74, 6) is -3.16. The second kappa shape index (κ2) is 14.7. The molecule has 2 aliphatic carbocycles. The molecular formula is C39H50N6O9S. The minimum Gasteiger partial charge on any atom is -0.481 e. The number of hydrogen-bond acceptors (Lipinski definition) is 10. The fourth-order valence-electron chi connectivity index (χ4n) is 8.29. The maximum Gasteiger partial charge on any atom is 0.408 e. The van der Waals surface area contributed by atoms with E-state index in [-0.39, 0.29) is 43.8 Å². The minimum absolute atomic E-state index is 0.122. The summed E-state index contributed by atoms with van der Waals surface area (Å²) in [6, 6.07) is 6.73. The molecule has 15 nitrogen and oxygen atoms in total. The predicted molar refractivity (Wildman–Crippen MR) is 201 cm³/mol. The Morgan fingerprint density at radius 2 is 1.78 bits per heavy atom. The molecule has 6 atom stereocenters. The van der Waals surface area contributed by atoms with Gasteiger partial charge in [0.1, 0.15) is 23.2 Å². The van der Waals surface area contributed by atoms with Crippen molar-refractivity contribution in [1.82, 2.24) is 30.1 Å². The molecule has 3 aliphatic heterocycles. The number of para-hydroxylation sites is 1. The van der Waals surface area contributed by atoms with Gasteiger partial charge < -0.3 is 29.9 Å². The first-order valence-electron chi connectivity index (χ1n) is 19.2. The van der Waals surface area contributed by atoms with Gasteiger partial charge in [-0.1, -0.05) is 43.2 Å². The maximum absolute atomic E-state index is 14.7. The lowest BCUT2D eigenvalue weighted by atomic mass is 9.93. The highest BCUT2D eigenvalue weighted by molar-refractivity contribution is 7.91. The molecule has 5 aliphatic rings. The number of carbonyl (C=O) groups is 5. The molecule has 16 heteroatoms. The Balaban J connectivity index is 1.21. The fourth-order valence-corrected chi connectivity index (χ4v) is 9.65. The number of sulfonamides is 1. The van der Waals surface area contributed by atoms with Gasteiger partial charge in [0.15, 0.2) is 0 Å². The lowest BCUT2D eigenvalue weighted by Crippen LogP contribution is -2.60. The number of alkyl carbamates (subject to hydrolysis) is 1. The molecule has 2 saturated heterocycles. The van der Waals surface area contributed by atoms with Crippen LogP contribution in [0.15, 0.2) is 42.5 Å². The molecule has 2 saturated carbocycles. The van der Waals surface area contributed by atoms with E-state index in [1.807, 2.05) is 30.4 Å². The van der Waals surface area contributed by atoms with Crippen LogP contribution in [0.2, 0.25) is 0 Å². The Morgan fingerprint density at radius 1 is 1.02 bits per heavy atom. The second-order valence-corrected chi connectivity index (χ2v) is 18.5. The first-order chi connectivity index (χ1) is 26.1. The average Bonchev–Trinajstić information content (AvgIpc) is 4.03. The molecular weight excluding hydrogens is 729 g/mol. The first-order valence-corrected chi connectivity index (χ1v) is 20.7. The van der Waals surface area contributed by atoms with E-state index >= 15 is 0 Å². The van der Waals surface area contributed by atoms with Gasteiger partial charge in [-0.3, -0.25) is 23.9 Å². The smallest absolute Gasteiger partial charge is 0.408 e. The van der Waals surface area contributed by atoms with Crippen LogP contribution in [0.3, 0.4) is 0 Å². The molecule has 0 radical (unpaired) electrons. The molecule has 2 aromatic rings. The number of rotatable bonds is 6. The van der Waals surface area contributed by atoms with Gasteiger partial charge in [0.05, 0.1) is 23.4 Å². The monoisotopic (exact) mass is 778 g/mol. The number of pyridine rings is 1. The summed E-state index contributed by atoms with van der Waals surface area (Å²) < 4.78 is 39.0. The summed E-state index contributed by atoms with van der Waals surface area (Å²) >= 11 is 0. The molecule has 0 bridgehead atoms. The summed E-state index contributed by atoms with van der Waals surface area (Å²) in [5.41, 5.74) is -1.36. The van der Waals surface area contributed by atoms with Gasteiger partial charge in [-0.15, -0.1) is 0 Å². The van der Waals surface area contributed by atoms with Crippen molar-refractivity contribution < 1.29 is 41.9 Å². The maximum atomic E-state index is 14.7. The van der Waals surface area contributed by atoms with E-state index < -0.39 is 74.1 Å². The number of carbonyl (C=O) groups excluding carboxylic acids is 5. The lowest BCUT2D eigenvalue weighted by Gasteiger charge is -2.33. The van der Waals surface area contributed by atoms with Crippen molar-refractivity contribution in [3.05, 3.63) is 48.0 Å². The molecule has 4 heterocycles. The predicted octanol–water partition coefficient (Wildman–Crippen LogP) is 3.04. The third-order valence-electron chi connectivity index (χ3n) is 11.3. The highest BCUT2D eigenvalue weighted by atomic mass is 32.2. The number of likely N-dealkylation sites (tertiary alicyclic amines) is 1. The minimum atomic E-state index is -3.92. The zero-order valence-corrected chi connectivity index (χ0v) is 32.5. The van der Waals surface area contributed by atoms with Crippen molar-refractivity contribution in [2.75, 3.05) is 26.7 Å². The highest BCUT2D eigenvalue weighted by Gasteiger charge is 2.63. The Bertz CT molecular complexity index is 2030. The summed E-state index contributed by atoms with van der Waals surface area (Å²) in [4.78, 5) is 78.0. The van der Waals surface area contributed by atoms with Gasteiger partial charge in [-0.2, -0.15) is 0 Å². The van der Waals surface area contributed by atoms with Crippen molar-refractivity contribution in [2.24, 2.45) is 17.8 Å². The zero-order valence-electron chi connectivity index (χ0n) is 31.7. The Labute approximate surface area is 321 Å². The number of fused-ring (bicyclic) bond motifs is 5. The van der Waals surface area contributed by atoms with Crippen molar-refractivity contribution in [3.8, 4) is 5.88 Å². The Hall–Kier alpha value is -4.73. The van der Waals surface area contributed by atoms with E-state index in [1.54, 1.807) is 37.8 Å². The van der Waals surface area contributed by atoms with Gasteiger partial charge in [0.25, 0.3) is 11.8 Å². The quantitative estimate of drug-likeness (QED) is 0.367. The molecule has 0 unspecified atom stereocenters. The van der Waals surface area contributed by atoms with Crippen LogP contribution in [0.5, 0.6) is 5.88 Å². The molecule has 55 heavy (non-hydrogen) atoms. The molecule has 4 fully saturated rings. The number of nitrogens with one attached hydrogen (secondary N) is 3. The van der Waals surface area contributed by atoms with E-state index in [1.165, 1.54) is 12.0 Å². The molecule has 7 rings (SSSR count). The van der Waals surface area contributed by atoms with Crippen LogP contribution in [-0.4, -0.2) is 108 Å². The average molecular weight is 779 g/mol. The largest absolute Gasteiger partial charge is 0.481 e. The number of methoxy groups -OCH3 is 1. The van der Waals surface area contributed by atoms with Gasteiger partial charge >= 0.3 is 6.09 Å². The topological polar surface area (TPSA) is 193 Å².